The van der Waals surface area contributed by atoms with Crippen molar-refractivity contribution in [2.45, 2.75) is 12.3 Å². The fraction of sp³-hybridized carbons (Fsp3) is 0.278. The van der Waals surface area contributed by atoms with Gasteiger partial charge in [0.1, 0.15) is 5.75 Å². The van der Waals surface area contributed by atoms with Crippen LogP contribution in [0.25, 0.3) is 11.4 Å². The third-order valence-corrected chi connectivity index (χ3v) is 4.98. The molecule has 3 heterocycles. The zero-order chi connectivity index (χ0) is 17.2. The van der Waals surface area contributed by atoms with Crippen LogP contribution in [-0.2, 0) is 11.2 Å². The summed E-state index contributed by atoms with van der Waals surface area (Å²) in [6.07, 6.45) is 0.369. The Hall–Kier alpha value is -2.67. The molecular formula is C18H17N3O3S. The van der Waals surface area contributed by atoms with Gasteiger partial charge in [0.15, 0.2) is 0 Å². The summed E-state index contributed by atoms with van der Waals surface area (Å²) < 4.78 is 10.6. The van der Waals surface area contributed by atoms with Crippen LogP contribution in [0.15, 0.2) is 45.6 Å². The molecule has 0 unspecified atom stereocenters. The molecule has 25 heavy (non-hydrogen) atoms. The van der Waals surface area contributed by atoms with E-state index in [1.807, 2.05) is 46.0 Å². The molecule has 0 radical (unpaired) electrons. The molecule has 1 aliphatic heterocycles. The van der Waals surface area contributed by atoms with Gasteiger partial charge in [-0.05, 0) is 29.1 Å². The van der Waals surface area contributed by atoms with E-state index in [0.29, 0.717) is 31.2 Å². The molecule has 4 rings (SSSR count). The van der Waals surface area contributed by atoms with E-state index in [0.717, 1.165) is 16.9 Å². The third-order valence-electron chi connectivity index (χ3n) is 4.29. The predicted molar refractivity (Wildman–Crippen MR) is 93.6 cm³/mol. The topological polar surface area (TPSA) is 68.5 Å². The minimum atomic E-state index is 0.0991. The van der Waals surface area contributed by atoms with Gasteiger partial charge >= 0.3 is 0 Å². The van der Waals surface area contributed by atoms with Crippen molar-refractivity contribution in [3.05, 3.63) is 52.5 Å². The highest BCUT2D eigenvalue weighted by Crippen LogP contribution is 2.28. The molecule has 3 aromatic rings. The van der Waals surface area contributed by atoms with Crippen molar-refractivity contribution in [1.29, 1.82) is 0 Å². The van der Waals surface area contributed by atoms with Gasteiger partial charge in [-0.15, -0.1) is 0 Å². The van der Waals surface area contributed by atoms with E-state index in [9.17, 15) is 4.79 Å². The second-order valence-corrected chi connectivity index (χ2v) is 6.77. The second-order valence-electron chi connectivity index (χ2n) is 5.99. The SMILES string of the molecule is COc1cccc(CC(=O)N2CC(c3nc(-c4ccsc4)no3)C2)c1. The summed E-state index contributed by atoms with van der Waals surface area (Å²) in [5, 5.41) is 7.99. The number of nitrogens with zero attached hydrogens (tertiary/aromatic N) is 3. The lowest BCUT2D eigenvalue weighted by atomic mass is 9.98. The molecule has 0 spiro atoms. The van der Waals surface area contributed by atoms with Gasteiger partial charge in [-0.1, -0.05) is 17.3 Å². The first-order valence-electron chi connectivity index (χ1n) is 8.00. The van der Waals surface area contributed by atoms with Gasteiger partial charge < -0.3 is 14.2 Å². The van der Waals surface area contributed by atoms with E-state index in [2.05, 4.69) is 10.1 Å². The van der Waals surface area contributed by atoms with Crippen LogP contribution in [0, 0.1) is 0 Å². The molecule has 6 nitrogen and oxygen atoms in total. The number of carbonyl (C=O) groups excluding carboxylic acids is 1. The Balaban J connectivity index is 1.34. The molecule has 0 bridgehead atoms. The molecular weight excluding hydrogens is 338 g/mol. The second kappa shape index (κ2) is 6.68. The fourth-order valence-corrected chi connectivity index (χ4v) is 3.45. The summed E-state index contributed by atoms with van der Waals surface area (Å²) in [4.78, 5) is 18.7. The molecule has 7 heteroatoms. The summed E-state index contributed by atoms with van der Waals surface area (Å²) in [7, 11) is 1.62. The number of hydrogen-bond acceptors (Lipinski definition) is 6. The third kappa shape index (κ3) is 3.28. The summed E-state index contributed by atoms with van der Waals surface area (Å²) >= 11 is 1.60. The van der Waals surface area contributed by atoms with E-state index in [1.54, 1.807) is 18.4 Å². The molecule has 0 saturated carbocycles. The van der Waals surface area contributed by atoms with Crippen molar-refractivity contribution >= 4 is 17.2 Å². The lowest BCUT2D eigenvalue weighted by Crippen LogP contribution is -2.49. The molecule has 0 aliphatic carbocycles. The van der Waals surface area contributed by atoms with E-state index in [-0.39, 0.29) is 11.8 Å². The molecule has 1 aromatic carbocycles. The lowest BCUT2D eigenvalue weighted by Gasteiger charge is -2.37. The molecule has 0 N–H and O–H groups in total. The van der Waals surface area contributed by atoms with Gasteiger partial charge in [0, 0.05) is 24.0 Å². The van der Waals surface area contributed by atoms with Crippen LogP contribution in [0.4, 0.5) is 0 Å². The van der Waals surface area contributed by atoms with Crippen LogP contribution in [-0.4, -0.2) is 41.1 Å². The Labute approximate surface area is 149 Å². The number of amides is 1. The molecule has 128 valence electrons. The number of likely N-dealkylation sites (tertiary alicyclic amines) is 1. The number of aromatic nitrogens is 2. The first-order chi connectivity index (χ1) is 12.2. The van der Waals surface area contributed by atoms with E-state index in [4.69, 9.17) is 9.26 Å². The molecule has 2 aromatic heterocycles. The van der Waals surface area contributed by atoms with Crippen LogP contribution >= 0.6 is 11.3 Å². The van der Waals surface area contributed by atoms with Crippen LogP contribution in [0.5, 0.6) is 5.75 Å². The van der Waals surface area contributed by atoms with E-state index in [1.165, 1.54) is 0 Å². The maximum absolute atomic E-state index is 12.4. The lowest BCUT2D eigenvalue weighted by molar-refractivity contribution is -0.135. The minimum Gasteiger partial charge on any atom is -0.497 e. The summed E-state index contributed by atoms with van der Waals surface area (Å²) in [6.45, 7) is 1.24. The molecule has 1 amide bonds. The highest BCUT2D eigenvalue weighted by Gasteiger charge is 2.35. The van der Waals surface area contributed by atoms with Gasteiger partial charge in [0.05, 0.1) is 19.4 Å². The Morgan fingerprint density at radius 2 is 2.28 bits per heavy atom. The predicted octanol–water partition coefficient (Wildman–Crippen LogP) is 2.98. The van der Waals surface area contributed by atoms with Gasteiger partial charge in [-0.3, -0.25) is 4.79 Å². The first-order valence-corrected chi connectivity index (χ1v) is 8.94. The maximum Gasteiger partial charge on any atom is 0.233 e. The van der Waals surface area contributed by atoms with Crippen molar-refractivity contribution in [3.63, 3.8) is 0 Å². The zero-order valence-electron chi connectivity index (χ0n) is 13.7. The Morgan fingerprint density at radius 1 is 1.40 bits per heavy atom. The number of ether oxygens (including phenoxy) is 1. The van der Waals surface area contributed by atoms with E-state index < -0.39 is 0 Å². The van der Waals surface area contributed by atoms with Crippen molar-refractivity contribution in [2.24, 2.45) is 0 Å². The zero-order valence-corrected chi connectivity index (χ0v) is 14.5. The fourth-order valence-electron chi connectivity index (χ4n) is 2.82. The summed E-state index contributed by atoms with van der Waals surface area (Å²) in [5.74, 6) is 2.19. The van der Waals surface area contributed by atoms with Gasteiger partial charge in [0.25, 0.3) is 0 Å². The minimum absolute atomic E-state index is 0.0991. The van der Waals surface area contributed by atoms with Gasteiger partial charge in [-0.2, -0.15) is 16.3 Å². The normalized spacial score (nSPS) is 14.4. The number of hydrogen-bond donors (Lipinski definition) is 0. The van der Waals surface area contributed by atoms with E-state index >= 15 is 0 Å². The van der Waals surface area contributed by atoms with Gasteiger partial charge in [0.2, 0.25) is 17.6 Å². The number of rotatable bonds is 5. The van der Waals surface area contributed by atoms with Crippen molar-refractivity contribution in [2.75, 3.05) is 20.2 Å². The average molecular weight is 355 g/mol. The van der Waals surface area contributed by atoms with Crippen LogP contribution < -0.4 is 4.74 Å². The van der Waals surface area contributed by atoms with Crippen LogP contribution in [0.2, 0.25) is 0 Å². The number of benzene rings is 1. The number of methoxy groups -OCH3 is 1. The monoisotopic (exact) mass is 355 g/mol. The molecule has 1 fully saturated rings. The Kier molecular flexibility index (Phi) is 4.23. The quantitative estimate of drug-likeness (QED) is 0.704. The standard InChI is InChI=1S/C18H17N3O3S/c1-23-15-4-2-3-12(7-15)8-16(22)21-9-14(10-21)18-19-17(20-24-18)13-5-6-25-11-13/h2-7,11,14H,8-10H2,1H3. The number of thiophene rings is 1. The molecule has 1 saturated heterocycles. The highest BCUT2D eigenvalue weighted by atomic mass is 32.1. The van der Waals surface area contributed by atoms with Crippen LogP contribution in [0.3, 0.4) is 0 Å². The Bertz CT molecular complexity index is 869. The van der Waals surface area contributed by atoms with Crippen LogP contribution in [0.1, 0.15) is 17.4 Å². The summed E-state index contributed by atoms with van der Waals surface area (Å²) in [6, 6.07) is 9.55. The largest absolute Gasteiger partial charge is 0.497 e. The van der Waals surface area contributed by atoms with Crippen molar-refractivity contribution in [3.8, 4) is 17.1 Å². The van der Waals surface area contributed by atoms with Crippen molar-refractivity contribution < 1.29 is 14.1 Å². The molecule has 1 aliphatic rings. The number of carbonyl (C=O) groups is 1. The first kappa shape index (κ1) is 15.8. The maximum atomic E-state index is 12.4. The smallest absolute Gasteiger partial charge is 0.233 e. The Morgan fingerprint density at radius 3 is 3.04 bits per heavy atom. The highest BCUT2D eigenvalue weighted by molar-refractivity contribution is 7.08. The molecule has 0 atom stereocenters. The average Bonchev–Trinajstić information content (AvgIpc) is 3.25. The summed E-state index contributed by atoms with van der Waals surface area (Å²) in [5.41, 5.74) is 1.91. The van der Waals surface area contributed by atoms with Gasteiger partial charge in [-0.25, -0.2) is 0 Å². The van der Waals surface area contributed by atoms with Crippen molar-refractivity contribution in [1.82, 2.24) is 15.0 Å².